The van der Waals surface area contributed by atoms with Crippen molar-refractivity contribution in [1.82, 2.24) is 19.6 Å². The van der Waals surface area contributed by atoms with Crippen LogP contribution in [0, 0.1) is 0 Å². The van der Waals surface area contributed by atoms with E-state index in [2.05, 4.69) is 15.5 Å². The lowest BCUT2D eigenvalue weighted by Crippen LogP contribution is -2.15. The van der Waals surface area contributed by atoms with E-state index in [9.17, 15) is 9.59 Å². The Morgan fingerprint density at radius 2 is 2.00 bits per heavy atom. The van der Waals surface area contributed by atoms with E-state index >= 15 is 0 Å². The van der Waals surface area contributed by atoms with Gasteiger partial charge in [0.1, 0.15) is 6.54 Å². The first-order chi connectivity index (χ1) is 11.6. The minimum atomic E-state index is -1.02. The van der Waals surface area contributed by atoms with Crippen LogP contribution in [0.4, 0.5) is 5.69 Å². The van der Waals surface area contributed by atoms with Crippen molar-refractivity contribution in [2.24, 2.45) is 0 Å². The van der Waals surface area contributed by atoms with Gasteiger partial charge in [-0.05, 0) is 29.8 Å². The zero-order chi connectivity index (χ0) is 16.9. The van der Waals surface area contributed by atoms with Crippen molar-refractivity contribution in [3.05, 3.63) is 66.2 Å². The smallest absolute Gasteiger partial charge is 0.325 e. The SMILES string of the molecule is O=C(O)Cn1ccc(C(=O)Nc2cccc(Cn3cccn3)c2)n1. The fourth-order valence-corrected chi connectivity index (χ4v) is 2.23. The maximum Gasteiger partial charge on any atom is 0.325 e. The van der Waals surface area contributed by atoms with Gasteiger partial charge < -0.3 is 10.4 Å². The molecule has 0 unspecified atom stereocenters. The number of carboxylic acids is 1. The average molecular weight is 325 g/mol. The fraction of sp³-hybridized carbons (Fsp3) is 0.125. The molecule has 2 N–H and O–H groups in total. The molecule has 0 spiro atoms. The van der Waals surface area contributed by atoms with Crippen LogP contribution in [0.25, 0.3) is 0 Å². The van der Waals surface area contributed by atoms with Crippen LogP contribution in [0.15, 0.2) is 55.0 Å². The van der Waals surface area contributed by atoms with Crippen LogP contribution in [-0.4, -0.2) is 36.5 Å². The summed E-state index contributed by atoms with van der Waals surface area (Å²) in [5, 5.41) is 19.6. The minimum Gasteiger partial charge on any atom is -0.480 e. The van der Waals surface area contributed by atoms with Gasteiger partial charge in [-0.25, -0.2) is 0 Å². The Bertz CT molecular complexity index is 854. The summed E-state index contributed by atoms with van der Waals surface area (Å²) in [6, 6.07) is 10.7. The molecule has 0 atom stereocenters. The molecule has 0 aliphatic rings. The highest BCUT2D eigenvalue weighted by Gasteiger charge is 2.11. The summed E-state index contributed by atoms with van der Waals surface area (Å²) in [4.78, 5) is 22.8. The van der Waals surface area contributed by atoms with Crippen LogP contribution in [0.3, 0.4) is 0 Å². The van der Waals surface area contributed by atoms with Gasteiger partial charge in [0.2, 0.25) is 0 Å². The zero-order valence-electron chi connectivity index (χ0n) is 12.7. The molecule has 0 saturated carbocycles. The predicted octanol–water partition coefficient (Wildman–Crippen LogP) is 1.46. The summed E-state index contributed by atoms with van der Waals surface area (Å²) in [6.07, 6.45) is 5.02. The molecule has 8 heteroatoms. The topological polar surface area (TPSA) is 102 Å². The predicted molar refractivity (Wildman–Crippen MR) is 85.6 cm³/mol. The third kappa shape index (κ3) is 3.86. The molecule has 3 rings (SSSR count). The summed E-state index contributed by atoms with van der Waals surface area (Å²) in [6.45, 7) is 0.316. The average Bonchev–Trinajstić information content (AvgIpc) is 3.19. The van der Waals surface area contributed by atoms with Crippen LogP contribution < -0.4 is 5.32 Å². The van der Waals surface area contributed by atoms with Crippen molar-refractivity contribution in [1.29, 1.82) is 0 Å². The second kappa shape index (κ2) is 6.78. The normalized spacial score (nSPS) is 10.5. The molecule has 1 amide bonds. The molecule has 2 aromatic heterocycles. The highest BCUT2D eigenvalue weighted by atomic mass is 16.4. The van der Waals surface area contributed by atoms with Gasteiger partial charge in [-0.2, -0.15) is 10.2 Å². The second-order valence-corrected chi connectivity index (χ2v) is 5.15. The molecule has 2 heterocycles. The number of carboxylic acid groups (broad SMARTS) is 1. The van der Waals surface area contributed by atoms with Gasteiger partial charge >= 0.3 is 5.97 Å². The molecular formula is C16H15N5O3. The minimum absolute atomic E-state index is 0.161. The second-order valence-electron chi connectivity index (χ2n) is 5.15. The molecule has 122 valence electrons. The van der Waals surface area contributed by atoms with Crippen molar-refractivity contribution < 1.29 is 14.7 Å². The number of amides is 1. The van der Waals surface area contributed by atoms with Gasteiger partial charge in [-0.1, -0.05) is 12.1 Å². The number of carbonyl (C=O) groups is 2. The number of benzene rings is 1. The summed E-state index contributed by atoms with van der Waals surface area (Å²) in [5.74, 6) is -1.41. The van der Waals surface area contributed by atoms with E-state index in [1.807, 2.05) is 30.5 Å². The number of carbonyl (C=O) groups excluding carboxylic acids is 1. The van der Waals surface area contributed by atoms with Crippen molar-refractivity contribution in [3.63, 3.8) is 0 Å². The third-order valence-electron chi connectivity index (χ3n) is 3.26. The molecule has 24 heavy (non-hydrogen) atoms. The Morgan fingerprint density at radius 3 is 2.75 bits per heavy atom. The summed E-state index contributed by atoms with van der Waals surface area (Å²) < 4.78 is 2.99. The third-order valence-corrected chi connectivity index (χ3v) is 3.26. The van der Waals surface area contributed by atoms with E-state index in [-0.39, 0.29) is 12.2 Å². The van der Waals surface area contributed by atoms with Crippen molar-refractivity contribution in [2.45, 2.75) is 13.1 Å². The number of aliphatic carboxylic acids is 1. The fourth-order valence-electron chi connectivity index (χ4n) is 2.23. The largest absolute Gasteiger partial charge is 0.480 e. The highest BCUT2D eigenvalue weighted by Crippen LogP contribution is 2.13. The standard InChI is InChI=1S/C16H15N5O3/c22-15(23)11-21-8-5-14(19-21)16(24)18-13-4-1-3-12(9-13)10-20-7-2-6-17-20/h1-9H,10-11H2,(H,18,24)(H,22,23). The molecule has 0 radical (unpaired) electrons. The van der Waals surface area contributed by atoms with E-state index in [1.165, 1.54) is 16.9 Å². The molecule has 0 saturated heterocycles. The zero-order valence-corrected chi connectivity index (χ0v) is 12.7. The molecule has 0 bridgehead atoms. The Hall–Kier alpha value is -3.42. The molecule has 0 fully saturated rings. The number of hydrogen-bond donors (Lipinski definition) is 2. The lowest BCUT2D eigenvalue weighted by Gasteiger charge is -2.07. The van der Waals surface area contributed by atoms with E-state index in [4.69, 9.17) is 5.11 Å². The number of rotatable bonds is 6. The van der Waals surface area contributed by atoms with Gasteiger partial charge in [0.15, 0.2) is 5.69 Å². The van der Waals surface area contributed by atoms with Crippen LogP contribution in [0.2, 0.25) is 0 Å². The molecule has 1 aromatic carbocycles. The maximum atomic E-state index is 12.2. The molecule has 8 nitrogen and oxygen atoms in total. The monoisotopic (exact) mass is 325 g/mol. The summed E-state index contributed by atoms with van der Waals surface area (Å²) in [7, 11) is 0. The van der Waals surface area contributed by atoms with Gasteiger partial charge in [0.25, 0.3) is 5.91 Å². The first kappa shape index (κ1) is 15.5. The van der Waals surface area contributed by atoms with E-state index in [0.29, 0.717) is 12.2 Å². The number of anilines is 1. The van der Waals surface area contributed by atoms with Crippen LogP contribution in [-0.2, 0) is 17.9 Å². The van der Waals surface area contributed by atoms with Crippen molar-refractivity contribution >= 4 is 17.6 Å². The van der Waals surface area contributed by atoms with Crippen LogP contribution in [0.1, 0.15) is 16.1 Å². The number of hydrogen-bond acceptors (Lipinski definition) is 4. The van der Waals surface area contributed by atoms with Crippen molar-refractivity contribution in [2.75, 3.05) is 5.32 Å². The van der Waals surface area contributed by atoms with E-state index in [0.717, 1.165) is 5.56 Å². The lowest BCUT2D eigenvalue weighted by molar-refractivity contribution is -0.137. The van der Waals surface area contributed by atoms with Crippen LogP contribution in [0.5, 0.6) is 0 Å². The van der Waals surface area contributed by atoms with Crippen molar-refractivity contribution in [3.8, 4) is 0 Å². The Kier molecular flexibility index (Phi) is 4.37. The van der Waals surface area contributed by atoms with Gasteiger partial charge in [0.05, 0.1) is 6.54 Å². The van der Waals surface area contributed by atoms with Gasteiger partial charge in [0, 0.05) is 24.3 Å². The van der Waals surface area contributed by atoms with Gasteiger partial charge in [-0.3, -0.25) is 19.0 Å². The Morgan fingerprint density at radius 1 is 1.12 bits per heavy atom. The number of nitrogens with one attached hydrogen (secondary N) is 1. The number of nitrogens with zero attached hydrogens (tertiary/aromatic N) is 4. The maximum absolute atomic E-state index is 12.2. The summed E-state index contributed by atoms with van der Waals surface area (Å²) in [5.41, 5.74) is 1.79. The van der Waals surface area contributed by atoms with E-state index in [1.54, 1.807) is 16.9 Å². The highest BCUT2D eigenvalue weighted by molar-refractivity contribution is 6.02. The lowest BCUT2D eigenvalue weighted by atomic mass is 10.2. The quantitative estimate of drug-likeness (QED) is 0.714. The first-order valence-corrected chi connectivity index (χ1v) is 7.23. The Balaban J connectivity index is 1.68. The molecular weight excluding hydrogens is 310 g/mol. The number of aromatic nitrogens is 4. The van der Waals surface area contributed by atoms with E-state index < -0.39 is 11.9 Å². The van der Waals surface area contributed by atoms with Gasteiger partial charge in [-0.15, -0.1) is 0 Å². The first-order valence-electron chi connectivity index (χ1n) is 7.23. The summed E-state index contributed by atoms with van der Waals surface area (Å²) >= 11 is 0. The molecule has 0 aliphatic heterocycles. The molecule has 3 aromatic rings. The Labute approximate surface area is 137 Å². The van der Waals surface area contributed by atoms with Crippen LogP contribution >= 0.6 is 0 Å². The molecule has 0 aliphatic carbocycles.